The fourth-order valence-corrected chi connectivity index (χ4v) is 4.72. The highest BCUT2D eigenvalue weighted by Crippen LogP contribution is 2.19. The minimum atomic E-state index is -0.622. The van der Waals surface area contributed by atoms with Crippen molar-refractivity contribution >= 4 is 23.6 Å². The van der Waals surface area contributed by atoms with Gasteiger partial charge >= 0.3 is 0 Å². The van der Waals surface area contributed by atoms with Crippen molar-refractivity contribution in [1.29, 1.82) is 0 Å². The van der Waals surface area contributed by atoms with Crippen LogP contribution >= 0.6 is 11.8 Å². The molecule has 3 rings (SSSR count). The van der Waals surface area contributed by atoms with E-state index in [2.05, 4.69) is 11.4 Å². The Morgan fingerprint density at radius 3 is 2.34 bits per heavy atom. The van der Waals surface area contributed by atoms with E-state index < -0.39 is 6.04 Å². The molecule has 6 heteroatoms. The minimum Gasteiger partial charge on any atom is -0.354 e. The molecule has 35 heavy (non-hydrogen) atoms. The van der Waals surface area contributed by atoms with Gasteiger partial charge in [0.25, 0.3) is 0 Å². The van der Waals surface area contributed by atoms with Crippen LogP contribution in [0.2, 0.25) is 0 Å². The average molecular weight is 493 g/mol. The standard InChI is InChI=1S/C29H33FN2O2S/c1-3-16-31-29(34)27(18-23-9-5-4-6-10-23)32(19-25-11-7-8-22(2)17-25)28(33)21-35-20-24-12-14-26(30)15-13-24/h4-15,17,27H,3,16,18-21H2,1-2H3,(H,31,34)/t27-/m0/s1. The van der Waals surface area contributed by atoms with Crippen molar-refractivity contribution in [3.8, 4) is 0 Å². The smallest absolute Gasteiger partial charge is 0.243 e. The molecule has 1 N–H and O–H groups in total. The van der Waals surface area contributed by atoms with Crippen LogP contribution < -0.4 is 5.32 Å². The van der Waals surface area contributed by atoms with Crippen LogP contribution in [0.3, 0.4) is 0 Å². The molecule has 0 aliphatic carbocycles. The van der Waals surface area contributed by atoms with Gasteiger partial charge in [-0.05, 0) is 42.2 Å². The number of aryl methyl sites for hydroxylation is 1. The SMILES string of the molecule is CCCNC(=O)[C@H](Cc1ccccc1)N(Cc1cccc(C)c1)C(=O)CSCc1ccc(F)cc1. The fourth-order valence-electron chi connectivity index (χ4n) is 3.85. The highest BCUT2D eigenvalue weighted by molar-refractivity contribution is 7.99. The molecule has 184 valence electrons. The Labute approximate surface area is 211 Å². The number of carbonyl (C=O) groups excluding carboxylic acids is 2. The van der Waals surface area contributed by atoms with E-state index in [9.17, 15) is 14.0 Å². The summed E-state index contributed by atoms with van der Waals surface area (Å²) < 4.78 is 13.2. The molecule has 0 heterocycles. The molecular formula is C29H33FN2O2S. The number of nitrogens with one attached hydrogen (secondary N) is 1. The van der Waals surface area contributed by atoms with Crippen molar-refractivity contribution in [2.24, 2.45) is 0 Å². The number of rotatable bonds is 12. The molecule has 0 spiro atoms. The van der Waals surface area contributed by atoms with Crippen LogP contribution in [-0.2, 0) is 28.3 Å². The Morgan fingerprint density at radius 2 is 1.66 bits per heavy atom. The third-order valence-electron chi connectivity index (χ3n) is 5.66. The van der Waals surface area contributed by atoms with E-state index in [1.807, 2.05) is 62.4 Å². The van der Waals surface area contributed by atoms with E-state index in [1.54, 1.807) is 17.0 Å². The topological polar surface area (TPSA) is 49.4 Å². The second kappa shape index (κ2) is 13.7. The molecule has 3 aromatic carbocycles. The average Bonchev–Trinajstić information content (AvgIpc) is 2.86. The summed E-state index contributed by atoms with van der Waals surface area (Å²) in [4.78, 5) is 28.6. The van der Waals surface area contributed by atoms with Gasteiger partial charge in [-0.2, -0.15) is 0 Å². The summed E-state index contributed by atoms with van der Waals surface area (Å²) in [6.45, 7) is 4.95. The lowest BCUT2D eigenvalue weighted by molar-refractivity contribution is -0.139. The van der Waals surface area contributed by atoms with Gasteiger partial charge in [0.05, 0.1) is 5.75 Å². The molecule has 0 saturated heterocycles. The van der Waals surface area contributed by atoms with Gasteiger partial charge in [0, 0.05) is 25.3 Å². The lowest BCUT2D eigenvalue weighted by Gasteiger charge is -2.31. The maximum atomic E-state index is 13.6. The van der Waals surface area contributed by atoms with Crippen molar-refractivity contribution in [2.75, 3.05) is 12.3 Å². The zero-order valence-electron chi connectivity index (χ0n) is 20.4. The fraction of sp³-hybridized carbons (Fsp3) is 0.310. The van der Waals surface area contributed by atoms with Gasteiger partial charge in [-0.15, -0.1) is 11.8 Å². The molecule has 0 aliphatic rings. The Balaban J connectivity index is 1.82. The lowest BCUT2D eigenvalue weighted by Crippen LogP contribution is -2.51. The summed E-state index contributed by atoms with van der Waals surface area (Å²) >= 11 is 1.47. The van der Waals surface area contributed by atoms with Gasteiger partial charge in [-0.1, -0.05) is 79.2 Å². The summed E-state index contributed by atoms with van der Waals surface area (Å²) in [5.41, 5.74) is 4.06. The van der Waals surface area contributed by atoms with Crippen LogP contribution in [0.25, 0.3) is 0 Å². The molecular weight excluding hydrogens is 459 g/mol. The van der Waals surface area contributed by atoms with Crippen LogP contribution in [0.1, 0.15) is 35.6 Å². The van der Waals surface area contributed by atoms with Crippen molar-refractivity contribution < 1.29 is 14.0 Å². The number of hydrogen-bond acceptors (Lipinski definition) is 3. The van der Waals surface area contributed by atoms with Gasteiger partial charge in [0.2, 0.25) is 11.8 Å². The molecule has 0 bridgehead atoms. The number of hydrogen-bond donors (Lipinski definition) is 1. The molecule has 0 unspecified atom stereocenters. The van der Waals surface area contributed by atoms with E-state index in [0.29, 0.717) is 25.3 Å². The number of amides is 2. The number of halogens is 1. The molecule has 0 aliphatic heterocycles. The Kier molecular flexibility index (Phi) is 10.4. The van der Waals surface area contributed by atoms with Gasteiger partial charge in [0.1, 0.15) is 11.9 Å². The molecule has 0 radical (unpaired) electrons. The first-order chi connectivity index (χ1) is 17.0. The molecule has 3 aromatic rings. The molecule has 0 aromatic heterocycles. The van der Waals surface area contributed by atoms with Crippen molar-refractivity contribution in [3.05, 3.63) is 107 Å². The van der Waals surface area contributed by atoms with Gasteiger partial charge in [-0.25, -0.2) is 4.39 Å². The van der Waals surface area contributed by atoms with Gasteiger partial charge in [0.15, 0.2) is 0 Å². The third-order valence-corrected chi connectivity index (χ3v) is 6.65. The van der Waals surface area contributed by atoms with E-state index in [-0.39, 0.29) is 23.4 Å². The quantitative estimate of drug-likeness (QED) is 0.362. The van der Waals surface area contributed by atoms with E-state index in [0.717, 1.165) is 28.7 Å². The Bertz CT molecular complexity index is 1090. The van der Waals surface area contributed by atoms with Crippen LogP contribution in [-0.4, -0.2) is 35.1 Å². The molecule has 2 amide bonds. The first-order valence-corrected chi connectivity index (χ1v) is 13.1. The van der Waals surface area contributed by atoms with Gasteiger partial charge in [-0.3, -0.25) is 9.59 Å². The third kappa shape index (κ3) is 8.55. The predicted molar refractivity (Wildman–Crippen MR) is 142 cm³/mol. The summed E-state index contributed by atoms with van der Waals surface area (Å²) in [5.74, 6) is 0.318. The van der Waals surface area contributed by atoms with Crippen LogP contribution in [0.15, 0.2) is 78.9 Å². The molecule has 4 nitrogen and oxygen atoms in total. The zero-order valence-corrected chi connectivity index (χ0v) is 21.2. The summed E-state index contributed by atoms with van der Waals surface area (Å²) in [7, 11) is 0. The van der Waals surface area contributed by atoms with E-state index >= 15 is 0 Å². The zero-order chi connectivity index (χ0) is 25.0. The van der Waals surface area contributed by atoms with Crippen molar-refractivity contribution in [1.82, 2.24) is 10.2 Å². The summed E-state index contributed by atoms with van der Waals surface area (Å²) in [6.07, 6.45) is 1.26. The predicted octanol–water partition coefficient (Wildman–Crippen LogP) is 5.53. The van der Waals surface area contributed by atoms with Crippen LogP contribution in [0, 0.1) is 12.7 Å². The van der Waals surface area contributed by atoms with Crippen LogP contribution in [0.4, 0.5) is 4.39 Å². The molecule has 1 atom stereocenters. The number of nitrogens with zero attached hydrogens (tertiary/aromatic N) is 1. The second-order valence-electron chi connectivity index (χ2n) is 8.63. The van der Waals surface area contributed by atoms with E-state index in [4.69, 9.17) is 0 Å². The maximum Gasteiger partial charge on any atom is 0.243 e. The summed E-state index contributed by atoms with van der Waals surface area (Å²) in [5, 5.41) is 3.00. The van der Waals surface area contributed by atoms with Crippen molar-refractivity contribution in [3.63, 3.8) is 0 Å². The normalized spacial score (nSPS) is 11.6. The van der Waals surface area contributed by atoms with Gasteiger partial charge < -0.3 is 10.2 Å². The highest BCUT2D eigenvalue weighted by atomic mass is 32.2. The highest BCUT2D eigenvalue weighted by Gasteiger charge is 2.30. The van der Waals surface area contributed by atoms with Crippen molar-refractivity contribution in [2.45, 2.75) is 45.0 Å². The monoisotopic (exact) mass is 492 g/mol. The van der Waals surface area contributed by atoms with E-state index in [1.165, 1.54) is 23.9 Å². The second-order valence-corrected chi connectivity index (χ2v) is 9.61. The molecule has 0 fully saturated rings. The lowest BCUT2D eigenvalue weighted by atomic mass is 10.0. The Hall–Kier alpha value is -3.12. The van der Waals surface area contributed by atoms with Crippen LogP contribution in [0.5, 0.6) is 0 Å². The maximum absolute atomic E-state index is 13.6. The molecule has 0 saturated carbocycles. The first kappa shape index (κ1) is 26.5. The first-order valence-electron chi connectivity index (χ1n) is 11.9. The minimum absolute atomic E-state index is 0.0915. The number of carbonyl (C=O) groups is 2. The largest absolute Gasteiger partial charge is 0.354 e. The Morgan fingerprint density at radius 1 is 0.943 bits per heavy atom. The number of thioether (sulfide) groups is 1. The summed E-state index contributed by atoms with van der Waals surface area (Å²) in [6, 6.07) is 23.5. The number of benzene rings is 3.